The number of anilines is 1. The summed E-state index contributed by atoms with van der Waals surface area (Å²) >= 11 is 0. The average molecular weight is 375 g/mol. The van der Waals surface area contributed by atoms with E-state index in [1.807, 2.05) is 25.1 Å². The third-order valence-electron chi connectivity index (χ3n) is 4.97. The number of amidine groups is 1. The lowest BCUT2D eigenvalue weighted by atomic mass is 10.1. The van der Waals surface area contributed by atoms with Gasteiger partial charge in [-0.05, 0) is 49.4 Å². The van der Waals surface area contributed by atoms with Gasteiger partial charge in [-0.1, -0.05) is 18.7 Å². The zero-order chi connectivity index (χ0) is 19.7. The molecule has 6 heteroatoms. The number of halogens is 1. The van der Waals surface area contributed by atoms with Gasteiger partial charge in [0.1, 0.15) is 5.82 Å². The maximum absolute atomic E-state index is 13.2. The number of rotatable bonds is 6. The van der Waals surface area contributed by atoms with Crippen LogP contribution in [0.15, 0.2) is 65.0 Å². The molecular weight excluding hydrogens is 353 g/mol. The fraction of sp³-hybridized carbons (Fsp3) is 0.227. The molecule has 1 aromatic carbocycles. The molecule has 0 unspecified atom stereocenters. The third kappa shape index (κ3) is 3.71. The van der Waals surface area contributed by atoms with Crippen molar-refractivity contribution >= 4 is 22.8 Å². The van der Waals surface area contributed by atoms with E-state index in [1.165, 1.54) is 30.8 Å². The van der Waals surface area contributed by atoms with Gasteiger partial charge >= 0.3 is 0 Å². The predicted molar refractivity (Wildman–Crippen MR) is 112 cm³/mol. The third-order valence-corrected chi connectivity index (χ3v) is 4.97. The van der Waals surface area contributed by atoms with Crippen molar-refractivity contribution in [1.29, 1.82) is 0 Å². The molecule has 1 saturated carbocycles. The Kier molecular flexibility index (Phi) is 4.77. The van der Waals surface area contributed by atoms with Crippen LogP contribution in [0.3, 0.4) is 0 Å². The van der Waals surface area contributed by atoms with E-state index in [1.54, 1.807) is 6.07 Å². The number of aryl methyl sites for hydroxylation is 1. The highest BCUT2D eigenvalue weighted by Crippen LogP contribution is 2.33. The van der Waals surface area contributed by atoms with Crippen LogP contribution in [0.25, 0.3) is 5.57 Å². The Balaban J connectivity index is 1.55. The number of benzene rings is 1. The molecule has 1 aliphatic carbocycles. The molecule has 0 bridgehead atoms. The van der Waals surface area contributed by atoms with Gasteiger partial charge in [0.05, 0.1) is 18.4 Å². The van der Waals surface area contributed by atoms with Crippen molar-refractivity contribution < 1.29 is 4.39 Å². The molecule has 3 N–H and O–H groups in total. The monoisotopic (exact) mass is 375 g/mol. The van der Waals surface area contributed by atoms with Gasteiger partial charge in [0.2, 0.25) is 0 Å². The zero-order valence-electron chi connectivity index (χ0n) is 15.7. The Bertz CT molecular complexity index is 1010. The van der Waals surface area contributed by atoms with Crippen molar-refractivity contribution in [3.05, 3.63) is 77.6 Å². The molecule has 28 heavy (non-hydrogen) atoms. The highest BCUT2D eigenvalue weighted by atomic mass is 19.1. The van der Waals surface area contributed by atoms with Crippen molar-refractivity contribution in [2.75, 3.05) is 11.9 Å². The normalized spacial score (nSPS) is 16.6. The number of hydrogen-bond donors (Lipinski definition) is 2. The van der Waals surface area contributed by atoms with Gasteiger partial charge < -0.3 is 11.1 Å². The molecule has 0 saturated heterocycles. The number of nitrogens with one attached hydrogen (secondary N) is 1. The van der Waals surface area contributed by atoms with Crippen LogP contribution in [0.2, 0.25) is 0 Å². The van der Waals surface area contributed by atoms with Crippen LogP contribution in [0, 0.1) is 18.7 Å². The molecule has 1 fully saturated rings. The maximum Gasteiger partial charge on any atom is 0.155 e. The predicted octanol–water partition coefficient (Wildman–Crippen LogP) is 4.07. The number of nitrogens with zero attached hydrogens (tertiary/aromatic N) is 3. The summed E-state index contributed by atoms with van der Waals surface area (Å²) in [5.41, 5.74) is 11.6. The maximum atomic E-state index is 13.2. The second-order valence-electron chi connectivity index (χ2n) is 7.09. The van der Waals surface area contributed by atoms with Crippen molar-refractivity contribution in [2.24, 2.45) is 21.6 Å². The van der Waals surface area contributed by atoms with E-state index in [9.17, 15) is 4.39 Å². The Labute approximate surface area is 163 Å². The highest BCUT2D eigenvalue weighted by molar-refractivity contribution is 6.13. The van der Waals surface area contributed by atoms with E-state index in [0.29, 0.717) is 29.4 Å². The number of nitrogens with two attached hydrogens (primary N) is 1. The Morgan fingerprint density at radius 2 is 2.11 bits per heavy atom. The highest BCUT2D eigenvalue weighted by Gasteiger charge is 2.29. The minimum atomic E-state index is -0.398. The number of aliphatic imine (C=N–C) groups is 2. The molecule has 2 aliphatic rings. The minimum Gasteiger partial charge on any atom is -0.404 e. The summed E-state index contributed by atoms with van der Waals surface area (Å²) in [5.74, 6) is 1.01. The van der Waals surface area contributed by atoms with E-state index in [2.05, 4.69) is 21.9 Å². The molecule has 4 rings (SSSR count). The van der Waals surface area contributed by atoms with Crippen molar-refractivity contribution in [3.8, 4) is 0 Å². The van der Waals surface area contributed by atoms with Gasteiger partial charge in [0, 0.05) is 34.4 Å². The number of pyridine rings is 1. The molecule has 1 aliphatic heterocycles. The molecule has 142 valence electrons. The molecule has 0 spiro atoms. The second-order valence-corrected chi connectivity index (χ2v) is 7.09. The summed E-state index contributed by atoms with van der Waals surface area (Å²) in [5, 5.41) is 3.30. The first-order chi connectivity index (χ1) is 13.5. The van der Waals surface area contributed by atoms with E-state index < -0.39 is 5.82 Å². The number of hydrogen-bond acceptors (Lipinski definition) is 5. The van der Waals surface area contributed by atoms with E-state index in [4.69, 9.17) is 10.7 Å². The van der Waals surface area contributed by atoms with Crippen LogP contribution in [0.1, 0.15) is 29.7 Å². The lowest BCUT2D eigenvalue weighted by Gasteiger charge is -2.15. The van der Waals surface area contributed by atoms with Crippen LogP contribution in [-0.4, -0.2) is 23.1 Å². The Morgan fingerprint density at radius 1 is 1.29 bits per heavy atom. The molecule has 0 amide bonds. The summed E-state index contributed by atoms with van der Waals surface area (Å²) in [7, 11) is 0. The van der Waals surface area contributed by atoms with Crippen LogP contribution in [0.4, 0.5) is 10.1 Å². The SMILES string of the molecule is C=C(Nc1cc(C2=NCC(C3CC3)=N2)ccc1C)/C(=C/N)c1ccc(F)cn1. The van der Waals surface area contributed by atoms with E-state index >= 15 is 0 Å². The van der Waals surface area contributed by atoms with Gasteiger partial charge in [-0.25, -0.2) is 9.38 Å². The van der Waals surface area contributed by atoms with Gasteiger partial charge in [0.25, 0.3) is 0 Å². The topological polar surface area (TPSA) is 75.7 Å². The molecule has 2 heterocycles. The van der Waals surface area contributed by atoms with Gasteiger partial charge in [-0.15, -0.1) is 0 Å². The molecule has 0 radical (unpaired) electrons. The molecule has 0 atom stereocenters. The Morgan fingerprint density at radius 3 is 2.79 bits per heavy atom. The molecular formula is C22H22FN5. The molecule has 5 nitrogen and oxygen atoms in total. The molecule has 2 aromatic rings. The lowest BCUT2D eigenvalue weighted by Crippen LogP contribution is -2.07. The second kappa shape index (κ2) is 7.38. The van der Waals surface area contributed by atoms with E-state index in [-0.39, 0.29) is 0 Å². The first kappa shape index (κ1) is 18.1. The largest absolute Gasteiger partial charge is 0.404 e. The van der Waals surface area contributed by atoms with Crippen molar-refractivity contribution in [1.82, 2.24) is 4.98 Å². The lowest BCUT2D eigenvalue weighted by molar-refractivity contribution is 0.621. The number of allylic oxidation sites excluding steroid dienone is 1. The van der Waals surface area contributed by atoms with Gasteiger partial charge in [-0.2, -0.15) is 0 Å². The van der Waals surface area contributed by atoms with Crippen LogP contribution in [-0.2, 0) is 0 Å². The standard InChI is InChI=1S/C22H22FN5/c1-13-3-4-16(22-26-12-21(28-22)15-5-6-15)9-20(13)27-14(2)18(10-24)19-8-7-17(23)11-25-19/h3-4,7-11,15,27H,2,5-6,12,24H2,1H3/b18-10-. The first-order valence-electron chi connectivity index (χ1n) is 9.28. The summed E-state index contributed by atoms with van der Waals surface area (Å²) in [6.45, 7) is 6.80. The summed E-state index contributed by atoms with van der Waals surface area (Å²) < 4.78 is 13.2. The first-order valence-corrected chi connectivity index (χ1v) is 9.28. The van der Waals surface area contributed by atoms with Crippen LogP contribution >= 0.6 is 0 Å². The average Bonchev–Trinajstić information content (AvgIpc) is 3.42. The smallest absolute Gasteiger partial charge is 0.155 e. The van der Waals surface area contributed by atoms with Crippen LogP contribution in [0.5, 0.6) is 0 Å². The number of aromatic nitrogens is 1. The summed E-state index contributed by atoms with van der Waals surface area (Å²) in [6.07, 6.45) is 5.04. The fourth-order valence-electron chi connectivity index (χ4n) is 3.16. The summed E-state index contributed by atoms with van der Waals surface area (Å²) in [4.78, 5) is 13.4. The fourth-order valence-corrected chi connectivity index (χ4v) is 3.16. The minimum absolute atomic E-state index is 0.398. The van der Waals surface area contributed by atoms with Crippen molar-refractivity contribution in [2.45, 2.75) is 19.8 Å². The van der Waals surface area contributed by atoms with Gasteiger partial charge in [0.15, 0.2) is 5.84 Å². The van der Waals surface area contributed by atoms with Crippen molar-refractivity contribution in [3.63, 3.8) is 0 Å². The summed E-state index contributed by atoms with van der Waals surface area (Å²) in [6, 6.07) is 9.00. The van der Waals surface area contributed by atoms with E-state index in [0.717, 1.165) is 28.8 Å². The zero-order valence-corrected chi connectivity index (χ0v) is 15.7. The van der Waals surface area contributed by atoms with Gasteiger partial charge in [-0.3, -0.25) is 9.98 Å². The Hall–Kier alpha value is -3.28. The molecule has 1 aromatic heterocycles. The van der Waals surface area contributed by atoms with Crippen LogP contribution < -0.4 is 11.1 Å². The quantitative estimate of drug-likeness (QED) is 0.748.